The highest BCUT2D eigenvalue weighted by Gasteiger charge is 2.21. The Bertz CT molecular complexity index is 857. The van der Waals surface area contributed by atoms with Crippen LogP contribution in [0.1, 0.15) is 113 Å². The fourth-order valence-corrected chi connectivity index (χ4v) is 8.16. The largest absolute Gasteiger partial charge is 0.436 e. The maximum Gasteiger partial charge on any atom is 0.299 e. The van der Waals surface area contributed by atoms with Gasteiger partial charge in [0.05, 0.1) is 0 Å². The van der Waals surface area contributed by atoms with Gasteiger partial charge in [-0.25, -0.2) is 0 Å². The van der Waals surface area contributed by atoms with Crippen molar-refractivity contribution in [1.29, 1.82) is 0 Å². The molecule has 35 heavy (non-hydrogen) atoms. The summed E-state index contributed by atoms with van der Waals surface area (Å²) in [5, 5.41) is 0. The third-order valence-corrected chi connectivity index (χ3v) is 10.1. The highest BCUT2D eigenvalue weighted by atomic mass is 32.9. The molecular formula is C30H47O2PS2. The van der Waals surface area contributed by atoms with Crippen LogP contribution in [0.2, 0.25) is 0 Å². The lowest BCUT2D eigenvalue weighted by atomic mass is 10.0. The monoisotopic (exact) mass is 534 g/mol. The fourth-order valence-electron chi connectivity index (χ4n) is 4.44. The minimum atomic E-state index is -3.08. The van der Waals surface area contributed by atoms with Crippen LogP contribution < -0.4 is 4.52 Å². The van der Waals surface area contributed by atoms with Crippen molar-refractivity contribution >= 4 is 28.9 Å². The van der Waals surface area contributed by atoms with Crippen LogP contribution >= 0.6 is 17.1 Å². The quantitative estimate of drug-likeness (QED) is 0.152. The van der Waals surface area contributed by atoms with Crippen LogP contribution in [-0.4, -0.2) is 4.89 Å². The second-order valence-electron chi connectivity index (χ2n) is 9.91. The van der Waals surface area contributed by atoms with E-state index < -0.39 is 5.69 Å². The van der Waals surface area contributed by atoms with Gasteiger partial charge < -0.3 is 9.42 Å². The van der Waals surface area contributed by atoms with Gasteiger partial charge in [0, 0.05) is 4.90 Å². The second kappa shape index (κ2) is 16.8. The number of rotatable bonds is 18. The number of unbranched alkanes of at least 4 members (excludes halogenated alkanes) is 10. The molecule has 0 bridgehead atoms. The van der Waals surface area contributed by atoms with E-state index in [4.69, 9.17) is 16.3 Å². The first kappa shape index (κ1) is 30.4. The van der Waals surface area contributed by atoms with Crippen LogP contribution in [0.3, 0.4) is 0 Å². The van der Waals surface area contributed by atoms with Gasteiger partial charge in [-0.1, -0.05) is 113 Å². The van der Waals surface area contributed by atoms with E-state index in [-0.39, 0.29) is 0 Å². The molecule has 0 saturated heterocycles. The maximum atomic E-state index is 11.2. The minimum Gasteiger partial charge on any atom is -0.436 e. The normalized spacial score (nSPS) is 13.1. The van der Waals surface area contributed by atoms with E-state index in [0.29, 0.717) is 0 Å². The fraction of sp³-hybridized carbons (Fsp3) is 0.600. The molecule has 0 heterocycles. The Hall–Kier alpha value is -0.800. The summed E-state index contributed by atoms with van der Waals surface area (Å²) in [6.45, 7) is 8.75. The SMILES string of the molecule is CCCCCCCCc1cc(C)ccc1OP(O)(=S)Sc1ccc(C)cc1CCCCCCCC. The molecule has 0 aliphatic heterocycles. The van der Waals surface area contributed by atoms with Crippen molar-refractivity contribution in [2.45, 2.75) is 122 Å². The average Bonchev–Trinajstić information content (AvgIpc) is 2.81. The van der Waals surface area contributed by atoms with Crippen LogP contribution in [0.5, 0.6) is 5.75 Å². The molecule has 196 valence electrons. The Labute approximate surface area is 224 Å². The van der Waals surface area contributed by atoms with Gasteiger partial charge in [-0.05, 0) is 86.0 Å². The van der Waals surface area contributed by atoms with Crippen molar-refractivity contribution in [3.63, 3.8) is 0 Å². The molecule has 0 amide bonds. The molecule has 0 aromatic heterocycles. The van der Waals surface area contributed by atoms with Crippen molar-refractivity contribution in [2.24, 2.45) is 0 Å². The summed E-state index contributed by atoms with van der Waals surface area (Å²) < 4.78 is 6.19. The molecule has 0 radical (unpaired) electrons. The van der Waals surface area contributed by atoms with Gasteiger partial charge >= 0.3 is 0 Å². The molecule has 0 saturated carbocycles. The maximum absolute atomic E-state index is 11.2. The predicted molar refractivity (Wildman–Crippen MR) is 160 cm³/mol. The number of hydrogen-bond donors (Lipinski definition) is 1. The van der Waals surface area contributed by atoms with E-state index in [1.165, 1.54) is 104 Å². The highest BCUT2D eigenvalue weighted by molar-refractivity contribution is 8.67. The van der Waals surface area contributed by atoms with Crippen LogP contribution in [0.25, 0.3) is 0 Å². The summed E-state index contributed by atoms with van der Waals surface area (Å²) >= 11 is 7.02. The first-order chi connectivity index (χ1) is 16.8. The third kappa shape index (κ3) is 12.3. The van der Waals surface area contributed by atoms with Gasteiger partial charge in [0.15, 0.2) is 0 Å². The molecule has 1 N–H and O–H groups in total. The number of hydrogen-bond acceptors (Lipinski definition) is 3. The topological polar surface area (TPSA) is 29.5 Å². The molecule has 2 nitrogen and oxygen atoms in total. The number of aryl methyl sites for hydroxylation is 4. The summed E-state index contributed by atoms with van der Waals surface area (Å²) in [6.07, 6.45) is 17.3. The van der Waals surface area contributed by atoms with Crippen LogP contribution in [0.15, 0.2) is 41.3 Å². The molecule has 2 aromatic carbocycles. The molecule has 1 atom stereocenters. The molecule has 0 aliphatic rings. The molecule has 5 heteroatoms. The van der Waals surface area contributed by atoms with E-state index in [9.17, 15) is 4.89 Å². The second-order valence-corrected chi connectivity index (χ2v) is 15.9. The van der Waals surface area contributed by atoms with E-state index >= 15 is 0 Å². The summed E-state index contributed by atoms with van der Waals surface area (Å²) in [6, 6.07) is 12.7. The highest BCUT2D eigenvalue weighted by Crippen LogP contribution is 2.60. The van der Waals surface area contributed by atoms with Gasteiger partial charge in [-0.3, -0.25) is 0 Å². The molecule has 0 spiro atoms. The molecule has 0 aliphatic carbocycles. The van der Waals surface area contributed by atoms with Crippen molar-refractivity contribution < 1.29 is 9.42 Å². The molecular weight excluding hydrogens is 487 g/mol. The summed E-state index contributed by atoms with van der Waals surface area (Å²) in [5.74, 6) is 0.757. The zero-order valence-corrected chi connectivity index (χ0v) is 25.0. The summed E-state index contributed by atoms with van der Waals surface area (Å²) in [7, 11) is 0. The van der Waals surface area contributed by atoms with Crippen LogP contribution in [-0.2, 0) is 24.6 Å². The van der Waals surface area contributed by atoms with Gasteiger partial charge in [0.2, 0.25) is 0 Å². The van der Waals surface area contributed by atoms with Crippen molar-refractivity contribution in [1.82, 2.24) is 0 Å². The van der Waals surface area contributed by atoms with Gasteiger partial charge in [-0.2, -0.15) is 0 Å². The van der Waals surface area contributed by atoms with E-state index in [0.717, 1.165) is 29.9 Å². The zero-order chi connectivity index (χ0) is 25.5. The zero-order valence-electron chi connectivity index (χ0n) is 22.5. The lowest BCUT2D eigenvalue weighted by molar-refractivity contribution is 0.498. The Morgan fingerprint density at radius 1 is 0.714 bits per heavy atom. The average molecular weight is 535 g/mol. The van der Waals surface area contributed by atoms with E-state index in [1.807, 2.05) is 6.07 Å². The van der Waals surface area contributed by atoms with Crippen molar-refractivity contribution in [2.75, 3.05) is 0 Å². The van der Waals surface area contributed by atoms with Crippen LogP contribution in [0, 0.1) is 13.8 Å². The molecule has 0 fully saturated rings. The van der Waals surface area contributed by atoms with E-state index in [1.54, 1.807) is 0 Å². The molecule has 1 unspecified atom stereocenters. The minimum absolute atomic E-state index is 0.757. The van der Waals surface area contributed by atoms with Gasteiger partial charge in [-0.15, -0.1) is 0 Å². The molecule has 2 rings (SSSR count). The Morgan fingerprint density at radius 3 is 1.80 bits per heavy atom. The number of benzene rings is 2. The Kier molecular flexibility index (Phi) is 14.6. The van der Waals surface area contributed by atoms with Gasteiger partial charge in [0.25, 0.3) is 5.69 Å². The Balaban J connectivity index is 2.01. The summed E-state index contributed by atoms with van der Waals surface area (Å²) in [4.78, 5) is 12.3. The first-order valence-electron chi connectivity index (χ1n) is 13.8. The van der Waals surface area contributed by atoms with E-state index in [2.05, 4.69) is 58.0 Å². The first-order valence-corrected chi connectivity index (χ1v) is 17.8. The van der Waals surface area contributed by atoms with Crippen molar-refractivity contribution in [3.8, 4) is 5.75 Å². The lowest BCUT2D eigenvalue weighted by Gasteiger charge is -2.20. The van der Waals surface area contributed by atoms with Gasteiger partial charge in [0.1, 0.15) is 5.75 Å². The summed E-state index contributed by atoms with van der Waals surface area (Å²) in [5.41, 5.74) is 1.85. The smallest absolute Gasteiger partial charge is 0.299 e. The van der Waals surface area contributed by atoms with Crippen molar-refractivity contribution in [3.05, 3.63) is 58.7 Å². The Morgan fingerprint density at radius 2 is 1.20 bits per heavy atom. The third-order valence-electron chi connectivity index (χ3n) is 6.46. The standard InChI is InChI=1S/C30H47O2PS2/c1-5-7-9-11-13-15-17-27-23-25(3)19-21-29(27)32-33(31,34)35-30-22-20-26(4)24-28(30)18-16-14-12-10-8-6-2/h19-24H,5-18H2,1-4H3,(H,31,34). The molecule has 2 aromatic rings. The predicted octanol–water partition coefficient (Wildman–Crippen LogP) is 10.5. The lowest BCUT2D eigenvalue weighted by Crippen LogP contribution is -1.97. The van der Waals surface area contributed by atoms with Crippen LogP contribution in [0.4, 0.5) is 0 Å².